The van der Waals surface area contributed by atoms with E-state index in [1.165, 1.54) is 0 Å². The van der Waals surface area contributed by atoms with E-state index in [0.717, 1.165) is 12.0 Å². The van der Waals surface area contributed by atoms with Gasteiger partial charge in [-0.1, -0.05) is 13.0 Å². The van der Waals surface area contributed by atoms with E-state index >= 15 is 0 Å². The average molecular weight is 365 g/mol. The lowest BCUT2D eigenvalue weighted by Crippen LogP contribution is -2.40. The van der Waals surface area contributed by atoms with Crippen molar-refractivity contribution >= 4 is 11.9 Å². The fourth-order valence-corrected chi connectivity index (χ4v) is 2.30. The van der Waals surface area contributed by atoms with E-state index in [2.05, 4.69) is 16.0 Å². The number of nitrogens with one attached hydrogen (secondary N) is 3. The number of carbonyl (C=O) groups is 2. The number of hydrogen-bond donors (Lipinski definition) is 3. The smallest absolute Gasteiger partial charge is 0.315 e. The van der Waals surface area contributed by atoms with Crippen molar-refractivity contribution in [3.63, 3.8) is 0 Å². The van der Waals surface area contributed by atoms with Crippen molar-refractivity contribution in [3.8, 4) is 11.5 Å². The van der Waals surface area contributed by atoms with Crippen LogP contribution in [-0.2, 0) is 4.79 Å². The minimum Gasteiger partial charge on any atom is -0.493 e. The Kier molecular flexibility index (Phi) is 9.33. The van der Waals surface area contributed by atoms with Crippen LogP contribution in [0.15, 0.2) is 18.2 Å². The van der Waals surface area contributed by atoms with Gasteiger partial charge in [-0.25, -0.2) is 4.79 Å². The Morgan fingerprint density at radius 2 is 1.85 bits per heavy atom. The van der Waals surface area contributed by atoms with Crippen LogP contribution in [0, 0.1) is 0 Å². The first kappa shape index (κ1) is 21.6. The van der Waals surface area contributed by atoms with Gasteiger partial charge in [0.15, 0.2) is 11.5 Å². The lowest BCUT2D eigenvalue weighted by atomic mass is 10.1. The van der Waals surface area contributed by atoms with Crippen LogP contribution in [0.3, 0.4) is 0 Å². The number of urea groups is 1. The van der Waals surface area contributed by atoms with Crippen molar-refractivity contribution in [2.45, 2.75) is 52.6 Å². The SMILES string of the molecule is CCOc1ccc([C@@H](C)NC(=O)NCCC(=O)N[C@@H](C)CC)cc1OC. The Morgan fingerprint density at radius 1 is 1.12 bits per heavy atom. The zero-order valence-electron chi connectivity index (χ0n) is 16.3. The molecule has 0 bridgehead atoms. The Hall–Kier alpha value is -2.44. The molecule has 0 heterocycles. The van der Waals surface area contributed by atoms with Gasteiger partial charge in [-0.2, -0.15) is 0 Å². The summed E-state index contributed by atoms with van der Waals surface area (Å²) in [7, 11) is 1.58. The van der Waals surface area contributed by atoms with Gasteiger partial charge >= 0.3 is 6.03 Å². The van der Waals surface area contributed by atoms with Gasteiger partial charge in [0.2, 0.25) is 5.91 Å². The number of benzene rings is 1. The van der Waals surface area contributed by atoms with E-state index in [4.69, 9.17) is 9.47 Å². The number of carbonyl (C=O) groups excluding carboxylic acids is 2. The lowest BCUT2D eigenvalue weighted by molar-refractivity contribution is -0.121. The molecule has 3 amide bonds. The fourth-order valence-electron chi connectivity index (χ4n) is 2.30. The first-order chi connectivity index (χ1) is 12.4. The summed E-state index contributed by atoms with van der Waals surface area (Å²) in [5, 5.41) is 8.41. The Balaban J connectivity index is 2.48. The molecule has 3 N–H and O–H groups in total. The Labute approximate surface area is 155 Å². The van der Waals surface area contributed by atoms with E-state index in [-0.39, 0.29) is 37.0 Å². The molecule has 7 nitrogen and oxygen atoms in total. The minimum absolute atomic E-state index is 0.0658. The average Bonchev–Trinajstić information content (AvgIpc) is 2.61. The highest BCUT2D eigenvalue weighted by Gasteiger charge is 2.13. The largest absolute Gasteiger partial charge is 0.493 e. The molecular formula is C19H31N3O4. The summed E-state index contributed by atoms with van der Waals surface area (Å²) in [5.74, 6) is 1.23. The molecular weight excluding hydrogens is 334 g/mol. The van der Waals surface area contributed by atoms with Crippen LogP contribution in [0.25, 0.3) is 0 Å². The van der Waals surface area contributed by atoms with Crippen LogP contribution in [-0.4, -0.2) is 38.2 Å². The Morgan fingerprint density at radius 3 is 2.46 bits per heavy atom. The highest BCUT2D eigenvalue weighted by Crippen LogP contribution is 2.30. The van der Waals surface area contributed by atoms with Crippen LogP contribution in [0.1, 0.15) is 52.1 Å². The van der Waals surface area contributed by atoms with Gasteiger partial charge in [0.1, 0.15) is 0 Å². The molecule has 1 aromatic rings. The summed E-state index contributed by atoms with van der Waals surface area (Å²) in [6, 6.07) is 5.17. The Bertz CT molecular complexity index is 592. The summed E-state index contributed by atoms with van der Waals surface area (Å²) < 4.78 is 10.8. The minimum atomic E-state index is -0.318. The molecule has 0 aromatic heterocycles. The molecule has 0 fully saturated rings. The van der Waals surface area contributed by atoms with Gasteiger partial charge in [-0.3, -0.25) is 4.79 Å². The van der Waals surface area contributed by atoms with Gasteiger partial charge in [-0.15, -0.1) is 0 Å². The third kappa shape index (κ3) is 7.21. The molecule has 146 valence electrons. The zero-order valence-corrected chi connectivity index (χ0v) is 16.3. The highest BCUT2D eigenvalue weighted by molar-refractivity contribution is 5.78. The summed E-state index contributed by atoms with van der Waals surface area (Å²) in [4.78, 5) is 23.7. The predicted molar refractivity (Wildman–Crippen MR) is 102 cm³/mol. The first-order valence-corrected chi connectivity index (χ1v) is 9.05. The van der Waals surface area contributed by atoms with Crippen LogP contribution in [0.2, 0.25) is 0 Å². The van der Waals surface area contributed by atoms with E-state index < -0.39 is 0 Å². The van der Waals surface area contributed by atoms with Crippen molar-refractivity contribution < 1.29 is 19.1 Å². The quantitative estimate of drug-likeness (QED) is 0.595. The molecule has 0 aliphatic rings. The second-order valence-electron chi connectivity index (χ2n) is 6.09. The lowest BCUT2D eigenvalue weighted by Gasteiger charge is -2.17. The topological polar surface area (TPSA) is 88.7 Å². The molecule has 0 aliphatic heterocycles. The standard InChI is InChI=1S/C19H31N3O4/c1-6-13(3)21-18(23)10-11-20-19(24)22-14(4)15-8-9-16(26-7-2)17(12-15)25-5/h8-9,12-14H,6-7,10-11H2,1-5H3,(H,21,23)(H2,20,22,24)/t13-,14+/m0/s1. The molecule has 0 aliphatic carbocycles. The van der Waals surface area contributed by atoms with Crippen molar-refractivity contribution in [2.75, 3.05) is 20.3 Å². The normalized spacial score (nSPS) is 12.7. The monoisotopic (exact) mass is 365 g/mol. The second-order valence-corrected chi connectivity index (χ2v) is 6.09. The molecule has 0 saturated carbocycles. The second kappa shape index (κ2) is 11.2. The highest BCUT2D eigenvalue weighted by atomic mass is 16.5. The summed E-state index contributed by atoms with van der Waals surface area (Å²) in [6.07, 6.45) is 1.13. The number of methoxy groups -OCH3 is 1. The number of hydrogen-bond acceptors (Lipinski definition) is 4. The van der Waals surface area contributed by atoms with Crippen LogP contribution >= 0.6 is 0 Å². The number of ether oxygens (including phenoxy) is 2. The molecule has 0 radical (unpaired) electrons. The third-order valence-electron chi connectivity index (χ3n) is 3.99. The van der Waals surface area contributed by atoms with Crippen molar-refractivity contribution in [2.24, 2.45) is 0 Å². The molecule has 1 aromatic carbocycles. The maximum atomic E-state index is 12.0. The van der Waals surface area contributed by atoms with Crippen molar-refractivity contribution in [3.05, 3.63) is 23.8 Å². The predicted octanol–water partition coefficient (Wildman–Crippen LogP) is 2.76. The van der Waals surface area contributed by atoms with Gasteiger partial charge in [0.25, 0.3) is 0 Å². The fraction of sp³-hybridized carbons (Fsp3) is 0.579. The molecule has 0 spiro atoms. The first-order valence-electron chi connectivity index (χ1n) is 9.05. The van der Waals surface area contributed by atoms with E-state index in [1.807, 2.05) is 45.9 Å². The zero-order chi connectivity index (χ0) is 19.5. The molecule has 0 unspecified atom stereocenters. The number of rotatable bonds is 10. The summed E-state index contributed by atoms with van der Waals surface area (Å²) >= 11 is 0. The van der Waals surface area contributed by atoms with Gasteiger partial charge < -0.3 is 25.4 Å². The molecule has 2 atom stereocenters. The van der Waals surface area contributed by atoms with Crippen LogP contribution in [0.5, 0.6) is 11.5 Å². The van der Waals surface area contributed by atoms with Crippen molar-refractivity contribution in [1.82, 2.24) is 16.0 Å². The van der Waals surface area contributed by atoms with E-state index in [9.17, 15) is 9.59 Å². The molecule has 26 heavy (non-hydrogen) atoms. The molecule has 7 heteroatoms. The van der Waals surface area contributed by atoms with E-state index in [0.29, 0.717) is 18.1 Å². The maximum absolute atomic E-state index is 12.0. The summed E-state index contributed by atoms with van der Waals surface area (Å²) in [5.41, 5.74) is 0.898. The van der Waals surface area contributed by atoms with Gasteiger partial charge in [-0.05, 0) is 44.9 Å². The van der Waals surface area contributed by atoms with Gasteiger partial charge in [0, 0.05) is 19.0 Å². The van der Waals surface area contributed by atoms with E-state index in [1.54, 1.807) is 7.11 Å². The van der Waals surface area contributed by atoms with Crippen LogP contribution in [0.4, 0.5) is 4.79 Å². The van der Waals surface area contributed by atoms with Crippen molar-refractivity contribution in [1.29, 1.82) is 0 Å². The molecule has 0 saturated heterocycles. The molecule has 1 rings (SSSR count). The number of amides is 3. The third-order valence-corrected chi connectivity index (χ3v) is 3.99. The maximum Gasteiger partial charge on any atom is 0.315 e. The van der Waals surface area contributed by atoms with Gasteiger partial charge in [0.05, 0.1) is 19.8 Å². The van der Waals surface area contributed by atoms with Crippen LogP contribution < -0.4 is 25.4 Å². The summed E-state index contributed by atoms with van der Waals surface area (Å²) in [6.45, 7) is 8.58.